The lowest BCUT2D eigenvalue weighted by atomic mass is 10.1. The van der Waals surface area contributed by atoms with E-state index in [1.165, 1.54) is 23.8 Å². The molecule has 1 heterocycles. The van der Waals surface area contributed by atoms with Gasteiger partial charge in [0.05, 0.1) is 4.92 Å². The van der Waals surface area contributed by atoms with Crippen LogP contribution in [0.5, 0.6) is 0 Å². The molecule has 0 aliphatic carbocycles. The van der Waals surface area contributed by atoms with Crippen LogP contribution in [-0.2, 0) is 13.0 Å². The second kappa shape index (κ2) is 5.40. The lowest BCUT2D eigenvalue weighted by molar-refractivity contribution is -0.384. The molecule has 2 aromatic rings. The number of hydrogen-bond acceptors (Lipinski definition) is 4. The zero-order valence-electron chi connectivity index (χ0n) is 11.2. The normalized spacial score (nSPS) is 12.6. The third-order valence-corrected chi connectivity index (χ3v) is 3.58. The first-order chi connectivity index (χ1) is 10.2. The largest absolute Gasteiger partial charge is 0.384 e. The van der Waals surface area contributed by atoms with Crippen LogP contribution in [0.3, 0.4) is 0 Å². The van der Waals surface area contributed by atoms with Gasteiger partial charge in [0.15, 0.2) is 5.82 Å². The minimum absolute atomic E-state index is 0.0712. The summed E-state index contributed by atoms with van der Waals surface area (Å²) in [4.78, 5) is 10.4. The van der Waals surface area contributed by atoms with Gasteiger partial charge in [-0.25, -0.2) is 4.39 Å². The quantitative estimate of drug-likeness (QED) is 0.668. The van der Waals surface area contributed by atoms with Crippen molar-refractivity contribution in [3.63, 3.8) is 0 Å². The fraction of sp³-hybridized carbons (Fsp3) is 0.200. The SMILES string of the molecule is O=[N+]([O-])c1cccc(F)c1NCc1cccc2c1NCC2. The lowest BCUT2D eigenvalue weighted by Crippen LogP contribution is -2.06. The third-order valence-electron chi connectivity index (χ3n) is 3.58. The summed E-state index contributed by atoms with van der Waals surface area (Å²) in [6.07, 6.45) is 0.961. The summed E-state index contributed by atoms with van der Waals surface area (Å²) in [5.41, 5.74) is 2.91. The highest BCUT2D eigenvalue weighted by Crippen LogP contribution is 2.30. The van der Waals surface area contributed by atoms with Gasteiger partial charge in [-0.3, -0.25) is 10.1 Å². The van der Waals surface area contributed by atoms with E-state index in [-0.39, 0.29) is 11.4 Å². The highest BCUT2D eigenvalue weighted by Gasteiger charge is 2.19. The summed E-state index contributed by atoms with van der Waals surface area (Å²) >= 11 is 0. The van der Waals surface area contributed by atoms with Gasteiger partial charge < -0.3 is 10.6 Å². The molecule has 0 atom stereocenters. The molecule has 21 heavy (non-hydrogen) atoms. The van der Waals surface area contributed by atoms with E-state index in [0.29, 0.717) is 6.54 Å². The summed E-state index contributed by atoms with van der Waals surface area (Å²) in [6.45, 7) is 1.21. The first-order valence-corrected chi connectivity index (χ1v) is 6.68. The fourth-order valence-corrected chi connectivity index (χ4v) is 2.58. The monoisotopic (exact) mass is 287 g/mol. The third kappa shape index (κ3) is 2.52. The molecule has 1 aliphatic rings. The molecule has 0 bridgehead atoms. The van der Waals surface area contributed by atoms with Gasteiger partial charge in [-0.15, -0.1) is 0 Å². The van der Waals surface area contributed by atoms with E-state index in [9.17, 15) is 14.5 Å². The minimum Gasteiger partial charge on any atom is -0.384 e. The molecule has 0 radical (unpaired) electrons. The van der Waals surface area contributed by atoms with Crippen LogP contribution in [0, 0.1) is 15.9 Å². The summed E-state index contributed by atoms with van der Waals surface area (Å²) in [5.74, 6) is -0.621. The Labute approximate surface area is 120 Å². The molecule has 108 valence electrons. The van der Waals surface area contributed by atoms with Gasteiger partial charge in [-0.1, -0.05) is 24.3 Å². The number of nitrogens with one attached hydrogen (secondary N) is 2. The van der Waals surface area contributed by atoms with Gasteiger partial charge in [-0.2, -0.15) is 0 Å². The van der Waals surface area contributed by atoms with E-state index in [2.05, 4.69) is 10.6 Å². The van der Waals surface area contributed by atoms with Gasteiger partial charge in [-0.05, 0) is 23.6 Å². The predicted octanol–water partition coefficient (Wildman–Crippen LogP) is 3.31. The Morgan fingerprint density at radius 2 is 2.10 bits per heavy atom. The van der Waals surface area contributed by atoms with E-state index in [4.69, 9.17) is 0 Å². The Balaban J connectivity index is 1.86. The molecule has 6 heteroatoms. The number of benzene rings is 2. The second-order valence-corrected chi connectivity index (χ2v) is 4.87. The molecule has 0 fully saturated rings. The maximum absolute atomic E-state index is 13.8. The average Bonchev–Trinajstić information content (AvgIpc) is 2.94. The summed E-state index contributed by atoms with van der Waals surface area (Å²) < 4.78 is 13.8. The number of nitro groups is 1. The van der Waals surface area contributed by atoms with Gasteiger partial charge in [0.1, 0.15) is 5.69 Å². The van der Waals surface area contributed by atoms with Crippen molar-refractivity contribution in [3.8, 4) is 0 Å². The van der Waals surface area contributed by atoms with Crippen molar-refractivity contribution in [2.75, 3.05) is 17.2 Å². The first-order valence-electron chi connectivity index (χ1n) is 6.68. The van der Waals surface area contributed by atoms with Crippen LogP contribution in [0.25, 0.3) is 0 Å². The average molecular weight is 287 g/mol. The van der Waals surface area contributed by atoms with Gasteiger partial charge in [0.2, 0.25) is 0 Å². The number of rotatable bonds is 4. The topological polar surface area (TPSA) is 67.2 Å². The fourth-order valence-electron chi connectivity index (χ4n) is 2.58. The van der Waals surface area contributed by atoms with Crippen molar-refractivity contribution in [1.29, 1.82) is 0 Å². The van der Waals surface area contributed by atoms with Crippen LogP contribution in [-0.4, -0.2) is 11.5 Å². The molecule has 0 spiro atoms. The number of halogens is 1. The molecule has 0 unspecified atom stereocenters. The molecule has 2 N–H and O–H groups in total. The Morgan fingerprint density at radius 1 is 1.29 bits per heavy atom. The molecule has 2 aromatic carbocycles. The van der Waals surface area contributed by atoms with Crippen molar-refractivity contribution < 1.29 is 9.31 Å². The van der Waals surface area contributed by atoms with Crippen LogP contribution in [0.1, 0.15) is 11.1 Å². The highest BCUT2D eigenvalue weighted by atomic mass is 19.1. The van der Waals surface area contributed by atoms with E-state index in [1.807, 2.05) is 18.2 Å². The zero-order chi connectivity index (χ0) is 14.8. The Kier molecular flexibility index (Phi) is 3.43. The first kappa shape index (κ1) is 13.4. The summed E-state index contributed by atoms with van der Waals surface area (Å²) in [5, 5.41) is 17.1. The van der Waals surface area contributed by atoms with Crippen molar-refractivity contribution >= 4 is 17.1 Å². The molecule has 1 aliphatic heterocycles. The predicted molar refractivity (Wildman–Crippen MR) is 79.0 cm³/mol. The molecular formula is C15H14FN3O2. The number of hydrogen-bond donors (Lipinski definition) is 2. The van der Waals surface area contributed by atoms with Crippen molar-refractivity contribution in [2.24, 2.45) is 0 Å². The Morgan fingerprint density at radius 3 is 2.90 bits per heavy atom. The Hall–Kier alpha value is -2.63. The van der Waals surface area contributed by atoms with Crippen molar-refractivity contribution in [2.45, 2.75) is 13.0 Å². The number of anilines is 2. The molecule has 0 aromatic heterocycles. The number of nitrogens with zero attached hydrogens (tertiary/aromatic N) is 1. The maximum atomic E-state index is 13.8. The number of nitro benzene ring substituents is 1. The van der Waals surface area contributed by atoms with Crippen LogP contribution >= 0.6 is 0 Å². The smallest absolute Gasteiger partial charge is 0.295 e. The van der Waals surface area contributed by atoms with Crippen LogP contribution in [0.15, 0.2) is 36.4 Å². The van der Waals surface area contributed by atoms with E-state index < -0.39 is 10.7 Å². The van der Waals surface area contributed by atoms with Crippen molar-refractivity contribution in [1.82, 2.24) is 0 Å². The van der Waals surface area contributed by atoms with E-state index >= 15 is 0 Å². The number of fused-ring (bicyclic) bond motifs is 1. The van der Waals surface area contributed by atoms with Gasteiger partial charge in [0.25, 0.3) is 5.69 Å². The summed E-state index contributed by atoms with van der Waals surface area (Å²) in [7, 11) is 0. The van der Waals surface area contributed by atoms with E-state index in [1.54, 1.807) is 0 Å². The zero-order valence-corrected chi connectivity index (χ0v) is 11.2. The molecule has 3 rings (SSSR count). The molecular weight excluding hydrogens is 273 g/mol. The van der Waals surface area contributed by atoms with Crippen molar-refractivity contribution in [3.05, 3.63) is 63.5 Å². The highest BCUT2D eigenvalue weighted by molar-refractivity contribution is 5.65. The van der Waals surface area contributed by atoms with E-state index in [0.717, 1.165) is 24.2 Å². The minimum atomic E-state index is -0.621. The standard InChI is InChI=1S/C15H14FN3O2/c16-12-5-2-6-13(19(20)21)15(12)18-9-11-4-1-3-10-7-8-17-14(10)11/h1-6,17-18H,7-9H2. The summed E-state index contributed by atoms with van der Waals surface area (Å²) in [6, 6.07) is 9.75. The van der Waals surface area contributed by atoms with Gasteiger partial charge in [0, 0.05) is 24.8 Å². The molecule has 5 nitrogen and oxygen atoms in total. The maximum Gasteiger partial charge on any atom is 0.295 e. The number of para-hydroxylation sites is 2. The van der Waals surface area contributed by atoms with Gasteiger partial charge >= 0.3 is 0 Å². The van der Waals surface area contributed by atoms with Crippen LogP contribution in [0.4, 0.5) is 21.5 Å². The molecule has 0 amide bonds. The Bertz CT molecular complexity index is 703. The lowest BCUT2D eigenvalue weighted by Gasteiger charge is -2.11. The second-order valence-electron chi connectivity index (χ2n) is 4.87. The van der Waals surface area contributed by atoms with Crippen LogP contribution < -0.4 is 10.6 Å². The molecule has 0 saturated carbocycles. The van der Waals surface area contributed by atoms with Crippen LogP contribution in [0.2, 0.25) is 0 Å². The molecule has 0 saturated heterocycles.